The van der Waals surface area contributed by atoms with E-state index in [0.717, 1.165) is 23.5 Å². The van der Waals surface area contributed by atoms with Crippen LogP contribution in [0.15, 0.2) is 63.0 Å². The molecule has 0 spiro atoms. The van der Waals surface area contributed by atoms with Crippen molar-refractivity contribution in [3.05, 3.63) is 65.0 Å². The molecule has 0 amide bonds. The standard InChI is InChI=1S/C22H19F3O5S2/c1-3-30-19-12-18(9-6-15(19)10-20(26)29-2)32(27,28)21-11-16(13-31-21)14-4-7-17(8-5-14)22(23,24)25/h4-9,11-13H,3,10H2,1-2H3. The molecule has 10 heteroatoms. The van der Waals surface area contributed by atoms with Crippen LogP contribution in [0.25, 0.3) is 11.1 Å². The molecule has 0 aliphatic rings. The molecule has 1 aromatic heterocycles. The van der Waals surface area contributed by atoms with Crippen LogP contribution in [0.4, 0.5) is 13.2 Å². The second-order valence-corrected chi connectivity index (χ2v) is 9.78. The Balaban J connectivity index is 1.92. The van der Waals surface area contributed by atoms with Crippen molar-refractivity contribution in [2.75, 3.05) is 13.7 Å². The van der Waals surface area contributed by atoms with E-state index in [4.69, 9.17) is 4.74 Å². The Bertz CT molecular complexity index is 1210. The number of benzene rings is 2. The van der Waals surface area contributed by atoms with Gasteiger partial charge in [-0.15, -0.1) is 11.3 Å². The molecular formula is C22H19F3O5S2. The Kier molecular flexibility index (Phi) is 6.94. The van der Waals surface area contributed by atoms with Crippen molar-refractivity contribution in [1.29, 1.82) is 0 Å². The SMILES string of the molecule is CCOc1cc(S(=O)(=O)c2cc(-c3ccc(C(F)(F)F)cc3)cs2)ccc1CC(=O)OC. The first-order chi connectivity index (χ1) is 15.1. The van der Waals surface area contributed by atoms with E-state index < -0.39 is 27.5 Å². The topological polar surface area (TPSA) is 69.7 Å². The van der Waals surface area contributed by atoms with Crippen LogP contribution < -0.4 is 4.74 Å². The lowest BCUT2D eigenvalue weighted by Crippen LogP contribution is -2.08. The molecule has 0 N–H and O–H groups in total. The molecule has 2 aromatic carbocycles. The van der Waals surface area contributed by atoms with E-state index in [0.29, 0.717) is 16.7 Å². The summed E-state index contributed by atoms with van der Waals surface area (Å²) in [7, 11) is -2.65. The molecule has 0 bridgehead atoms. The normalized spacial score (nSPS) is 11.9. The van der Waals surface area contributed by atoms with Gasteiger partial charge in [-0.05, 0) is 53.8 Å². The van der Waals surface area contributed by atoms with Gasteiger partial charge in [-0.2, -0.15) is 13.2 Å². The van der Waals surface area contributed by atoms with Crippen LogP contribution in [0.2, 0.25) is 0 Å². The summed E-state index contributed by atoms with van der Waals surface area (Å²) >= 11 is 0.968. The molecule has 3 rings (SSSR count). The Morgan fingerprint density at radius 2 is 1.72 bits per heavy atom. The molecule has 0 saturated heterocycles. The Labute approximate surface area is 187 Å². The van der Waals surface area contributed by atoms with Crippen molar-refractivity contribution in [2.45, 2.75) is 28.6 Å². The number of halogens is 3. The number of carbonyl (C=O) groups excluding carboxylic acids is 1. The van der Waals surface area contributed by atoms with Crippen LogP contribution >= 0.6 is 11.3 Å². The molecule has 0 radical (unpaired) electrons. The van der Waals surface area contributed by atoms with Gasteiger partial charge in [0.2, 0.25) is 9.84 Å². The third-order valence-corrected chi connectivity index (χ3v) is 7.79. The van der Waals surface area contributed by atoms with E-state index in [1.54, 1.807) is 12.3 Å². The van der Waals surface area contributed by atoms with Gasteiger partial charge in [0, 0.05) is 5.56 Å². The van der Waals surface area contributed by atoms with Gasteiger partial charge in [0.25, 0.3) is 0 Å². The zero-order valence-corrected chi connectivity index (χ0v) is 18.7. The summed E-state index contributed by atoms with van der Waals surface area (Å²) in [6.07, 6.45) is -4.51. The molecule has 0 saturated carbocycles. The maximum absolute atomic E-state index is 13.1. The molecule has 1 heterocycles. The van der Waals surface area contributed by atoms with E-state index >= 15 is 0 Å². The van der Waals surface area contributed by atoms with Crippen molar-refractivity contribution in [3.8, 4) is 16.9 Å². The minimum absolute atomic E-state index is 0.0182. The highest BCUT2D eigenvalue weighted by Gasteiger charge is 2.30. The van der Waals surface area contributed by atoms with E-state index in [1.807, 2.05) is 0 Å². The van der Waals surface area contributed by atoms with Crippen molar-refractivity contribution in [2.24, 2.45) is 0 Å². The van der Waals surface area contributed by atoms with E-state index in [1.165, 1.54) is 43.5 Å². The number of hydrogen-bond acceptors (Lipinski definition) is 6. The summed E-state index contributed by atoms with van der Waals surface area (Å²) in [6, 6.07) is 10.2. The number of rotatable bonds is 7. The molecule has 170 valence electrons. The van der Waals surface area contributed by atoms with Crippen LogP contribution in [0.1, 0.15) is 18.1 Å². The molecule has 0 atom stereocenters. The lowest BCUT2D eigenvalue weighted by atomic mass is 10.1. The number of hydrogen-bond donors (Lipinski definition) is 0. The fourth-order valence-corrected chi connectivity index (χ4v) is 5.55. The minimum Gasteiger partial charge on any atom is -0.494 e. The zero-order chi connectivity index (χ0) is 23.5. The fourth-order valence-electron chi connectivity index (χ4n) is 2.94. The van der Waals surface area contributed by atoms with Crippen LogP contribution in [-0.2, 0) is 32.0 Å². The second-order valence-electron chi connectivity index (χ2n) is 6.69. The van der Waals surface area contributed by atoms with Gasteiger partial charge in [0.05, 0.1) is 30.6 Å². The van der Waals surface area contributed by atoms with Crippen molar-refractivity contribution < 1.29 is 35.9 Å². The summed E-state index contributed by atoms with van der Waals surface area (Å²) in [5.41, 5.74) is 0.683. The molecule has 5 nitrogen and oxygen atoms in total. The first kappa shape index (κ1) is 23.8. The van der Waals surface area contributed by atoms with E-state index in [-0.39, 0.29) is 27.9 Å². The van der Waals surface area contributed by atoms with Gasteiger partial charge in [0.15, 0.2) is 0 Å². The Hall–Kier alpha value is -2.85. The van der Waals surface area contributed by atoms with Crippen molar-refractivity contribution in [3.63, 3.8) is 0 Å². The van der Waals surface area contributed by atoms with Crippen LogP contribution in [0.5, 0.6) is 5.75 Å². The monoisotopic (exact) mass is 484 g/mol. The number of thiophene rings is 1. The number of carbonyl (C=O) groups is 1. The molecule has 0 aliphatic heterocycles. The van der Waals surface area contributed by atoms with E-state index in [2.05, 4.69) is 4.74 Å². The predicted octanol–water partition coefficient (Wildman–Crippen LogP) is 5.38. The highest BCUT2D eigenvalue weighted by Crippen LogP contribution is 2.35. The summed E-state index contributed by atoms with van der Waals surface area (Å²) < 4.78 is 74.7. The lowest BCUT2D eigenvalue weighted by Gasteiger charge is -2.11. The fraction of sp³-hybridized carbons (Fsp3) is 0.227. The number of ether oxygens (including phenoxy) is 2. The molecular weight excluding hydrogens is 465 g/mol. The van der Waals surface area contributed by atoms with Crippen LogP contribution in [0, 0.1) is 0 Å². The third-order valence-electron chi connectivity index (χ3n) is 4.60. The van der Waals surface area contributed by atoms with Gasteiger partial charge in [-0.1, -0.05) is 18.2 Å². The first-order valence-corrected chi connectivity index (χ1v) is 11.8. The average Bonchev–Trinajstić information content (AvgIpc) is 3.25. The Morgan fingerprint density at radius 3 is 2.31 bits per heavy atom. The van der Waals surface area contributed by atoms with Crippen LogP contribution in [-0.4, -0.2) is 28.1 Å². The summed E-state index contributed by atoms with van der Waals surface area (Å²) in [6.45, 7) is 2.01. The molecule has 3 aromatic rings. The van der Waals surface area contributed by atoms with Gasteiger partial charge in [-0.3, -0.25) is 4.79 Å². The third kappa shape index (κ3) is 5.13. The molecule has 0 aliphatic carbocycles. The average molecular weight is 485 g/mol. The quantitative estimate of drug-likeness (QED) is 0.421. The zero-order valence-electron chi connectivity index (χ0n) is 17.1. The summed E-state index contributed by atoms with van der Waals surface area (Å²) in [5, 5.41) is 1.57. The molecule has 0 unspecified atom stereocenters. The van der Waals surface area contributed by atoms with Crippen LogP contribution in [0.3, 0.4) is 0 Å². The smallest absolute Gasteiger partial charge is 0.416 e. The number of methoxy groups -OCH3 is 1. The number of esters is 1. The van der Waals surface area contributed by atoms with Gasteiger partial charge in [0.1, 0.15) is 9.96 Å². The highest BCUT2D eigenvalue weighted by atomic mass is 32.2. The van der Waals surface area contributed by atoms with Gasteiger partial charge < -0.3 is 9.47 Å². The maximum Gasteiger partial charge on any atom is 0.416 e. The Morgan fingerprint density at radius 1 is 1.03 bits per heavy atom. The van der Waals surface area contributed by atoms with Gasteiger partial charge in [-0.25, -0.2) is 8.42 Å². The summed E-state index contributed by atoms with van der Waals surface area (Å²) in [5.74, 6) is -0.223. The first-order valence-electron chi connectivity index (χ1n) is 9.40. The van der Waals surface area contributed by atoms with Crippen molar-refractivity contribution >= 4 is 27.1 Å². The molecule has 32 heavy (non-hydrogen) atoms. The van der Waals surface area contributed by atoms with Gasteiger partial charge >= 0.3 is 12.1 Å². The number of sulfone groups is 1. The maximum atomic E-state index is 13.1. The predicted molar refractivity (Wildman–Crippen MR) is 114 cm³/mol. The minimum atomic E-state index is -4.44. The number of alkyl halides is 3. The lowest BCUT2D eigenvalue weighted by molar-refractivity contribution is -0.140. The van der Waals surface area contributed by atoms with E-state index in [9.17, 15) is 26.4 Å². The summed E-state index contributed by atoms with van der Waals surface area (Å²) in [4.78, 5) is 11.6. The second kappa shape index (κ2) is 9.33. The highest BCUT2D eigenvalue weighted by molar-refractivity contribution is 7.93. The largest absolute Gasteiger partial charge is 0.494 e. The molecule has 0 fully saturated rings. The van der Waals surface area contributed by atoms with Crippen molar-refractivity contribution in [1.82, 2.24) is 0 Å².